The number of hydrogen-bond donors (Lipinski definition) is 1. The summed E-state index contributed by atoms with van der Waals surface area (Å²) in [7, 11) is 1.62. The van der Waals surface area contributed by atoms with Crippen molar-refractivity contribution in [1.29, 1.82) is 0 Å². The van der Waals surface area contributed by atoms with Crippen LogP contribution in [0.1, 0.15) is 11.5 Å². The molecule has 1 aromatic heterocycles. The number of hydrogen-bond acceptors (Lipinski definition) is 5. The van der Waals surface area contributed by atoms with Gasteiger partial charge in [-0.05, 0) is 42.8 Å². The van der Waals surface area contributed by atoms with E-state index in [-0.39, 0.29) is 0 Å². The molecule has 5 nitrogen and oxygen atoms in total. The van der Waals surface area contributed by atoms with E-state index >= 15 is 0 Å². The SMILES string of the molecule is COc1ccccc1-c1nnc(CNCCc2ccc(Cl)cc2)o1. The van der Waals surface area contributed by atoms with Crippen molar-refractivity contribution in [2.45, 2.75) is 13.0 Å². The molecule has 0 aliphatic heterocycles. The Hall–Kier alpha value is -2.37. The Morgan fingerprint density at radius 2 is 1.88 bits per heavy atom. The van der Waals surface area contributed by atoms with Crippen molar-refractivity contribution in [3.63, 3.8) is 0 Å². The summed E-state index contributed by atoms with van der Waals surface area (Å²) in [4.78, 5) is 0. The first-order valence-electron chi connectivity index (χ1n) is 7.67. The van der Waals surface area contributed by atoms with Gasteiger partial charge in [0.15, 0.2) is 0 Å². The van der Waals surface area contributed by atoms with Gasteiger partial charge in [0.25, 0.3) is 5.89 Å². The first-order chi connectivity index (χ1) is 11.8. The van der Waals surface area contributed by atoms with E-state index in [1.807, 2.05) is 48.5 Å². The fraction of sp³-hybridized carbons (Fsp3) is 0.222. The van der Waals surface area contributed by atoms with Gasteiger partial charge in [0.05, 0.1) is 19.2 Å². The van der Waals surface area contributed by atoms with Gasteiger partial charge in [0.1, 0.15) is 5.75 Å². The third-order valence-corrected chi connectivity index (χ3v) is 3.84. The van der Waals surface area contributed by atoms with Crippen LogP contribution in [0.15, 0.2) is 52.9 Å². The van der Waals surface area contributed by atoms with Gasteiger partial charge in [-0.25, -0.2) is 0 Å². The average molecular weight is 344 g/mol. The molecule has 3 aromatic rings. The molecule has 24 heavy (non-hydrogen) atoms. The molecule has 0 bridgehead atoms. The lowest BCUT2D eigenvalue weighted by Gasteiger charge is -2.04. The zero-order chi connectivity index (χ0) is 16.8. The van der Waals surface area contributed by atoms with Crippen molar-refractivity contribution in [1.82, 2.24) is 15.5 Å². The molecule has 0 fully saturated rings. The lowest BCUT2D eigenvalue weighted by Crippen LogP contribution is -2.16. The quantitative estimate of drug-likeness (QED) is 0.662. The van der Waals surface area contributed by atoms with Crippen LogP contribution in [-0.2, 0) is 13.0 Å². The summed E-state index contributed by atoms with van der Waals surface area (Å²) in [6, 6.07) is 15.4. The van der Waals surface area contributed by atoms with Crippen LogP contribution in [0.5, 0.6) is 5.75 Å². The molecule has 0 spiro atoms. The number of halogens is 1. The van der Waals surface area contributed by atoms with Crippen LogP contribution in [0.25, 0.3) is 11.5 Å². The number of nitrogens with one attached hydrogen (secondary N) is 1. The molecule has 0 saturated carbocycles. The Balaban J connectivity index is 1.54. The normalized spacial score (nSPS) is 10.8. The Morgan fingerprint density at radius 3 is 2.67 bits per heavy atom. The lowest BCUT2D eigenvalue weighted by molar-refractivity contribution is 0.413. The Labute approximate surface area is 145 Å². The van der Waals surface area contributed by atoms with Crippen molar-refractivity contribution in [2.75, 3.05) is 13.7 Å². The van der Waals surface area contributed by atoms with E-state index in [0.29, 0.717) is 24.1 Å². The maximum atomic E-state index is 5.88. The van der Waals surface area contributed by atoms with Crippen LogP contribution in [0.2, 0.25) is 5.02 Å². The summed E-state index contributed by atoms with van der Waals surface area (Å²) >= 11 is 5.88. The van der Waals surface area contributed by atoms with Gasteiger partial charge in [-0.2, -0.15) is 0 Å². The summed E-state index contributed by atoms with van der Waals surface area (Å²) in [5, 5.41) is 12.2. The van der Waals surface area contributed by atoms with E-state index in [1.54, 1.807) is 7.11 Å². The molecule has 0 radical (unpaired) electrons. The van der Waals surface area contributed by atoms with Crippen molar-refractivity contribution < 1.29 is 9.15 Å². The van der Waals surface area contributed by atoms with E-state index < -0.39 is 0 Å². The number of aromatic nitrogens is 2. The van der Waals surface area contributed by atoms with Gasteiger partial charge < -0.3 is 14.5 Å². The number of nitrogens with zero attached hydrogens (tertiary/aromatic N) is 2. The molecule has 0 aliphatic carbocycles. The predicted molar refractivity (Wildman–Crippen MR) is 93.1 cm³/mol. The zero-order valence-electron chi connectivity index (χ0n) is 13.3. The van der Waals surface area contributed by atoms with E-state index in [4.69, 9.17) is 20.8 Å². The van der Waals surface area contributed by atoms with Crippen molar-refractivity contribution in [3.8, 4) is 17.2 Å². The highest BCUT2D eigenvalue weighted by molar-refractivity contribution is 6.30. The molecule has 124 valence electrons. The second-order valence-electron chi connectivity index (χ2n) is 5.25. The van der Waals surface area contributed by atoms with Crippen LogP contribution < -0.4 is 10.1 Å². The van der Waals surface area contributed by atoms with Gasteiger partial charge in [-0.3, -0.25) is 0 Å². The van der Waals surface area contributed by atoms with Gasteiger partial charge in [0.2, 0.25) is 5.89 Å². The largest absolute Gasteiger partial charge is 0.496 e. The van der Waals surface area contributed by atoms with Gasteiger partial charge in [-0.15, -0.1) is 10.2 Å². The molecule has 6 heteroatoms. The first kappa shape index (κ1) is 16.5. The summed E-state index contributed by atoms with van der Waals surface area (Å²) < 4.78 is 11.0. The smallest absolute Gasteiger partial charge is 0.251 e. The third kappa shape index (κ3) is 4.13. The molecule has 3 rings (SSSR count). The molecule has 0 amide bonds. The van der Waals surface area contributed by atoms with Gasteiger partial charge in [-0.1, -0.05) is 35.9 Å². The molecule has 1 heterocycles. The summed E-state index contributed by atoms with van der Waals surface area (Å²) in [5.41, 5.74) is 2.02. The number of para-hydroxylation sites is 1. The van der Waals surface area contributed by atoms with Crippen molar-refractivity contribution in [3.05, 3.63) is 65.0 Å². The molecular formula is C18H18ClN3O2. The Kier molecular flexibility index (Phi) is 5.46. The van der Waals surface area contributed by atoms with E-state index in [2.05, 4.69) is 15.5 Å². The molecule has 1 N–H and O–H groups in total. The summed E-state index contributed by atoms with van der Waals surface area (Å²) in [6.07, 6.45) is 0.907. The van der Waals surface area contributed by atoms with E-state index in [1.165, 1.54) is 5.56 Å². The number of ether oxygens (including phenoxy) is 1. The van der Waals surface area contributed by atoms with Crippen LogP contribution >= 0.6 is 11.6 Å². The molecule has 0 unspecified atom stereocenters. The second-order valence-corrected chi connectivity index (χ2v) is 5.69. The standard InChI is InChI=1S/C18H18ClN3O2/c1-23-16-5-3-2-4-15(16)18-22-21-17(24-18)12-20-11-10-13-6-8-14(19)9-7-13/h2-9,20H,10-12H2,1H3. The van der Waals surface area contributed by atoms with Gasteiger partial charge in [0, 0.05) is 5.02 Å². The average Bonchev–Trinajstić information content (AvgIpc) is 3.09. The van der Waals surface area contributed by atoms with Crippen LogP contribution in [0.3, 0.4) is 0 Å². The third-order valence-electron chi connectivity index (χ3n) is 3.58. The highest BCUT2D eigenvalue weighted by Crippen LogP contribution is 2.28. The predicted octanol–water partition coefficient (Wildman–Crippen LogP) is 3.73. The van der Waals surface area contributed by atoms with Gasteiger partial charge >= 0.3 is 0 Å². The molecular weight excluding hydrogens is 326 g/mol. The maximum Gasteiger partial charge on any atom is 0.251 e. The highest BCUT2D eigenvalue weighted by Gasteiger charge is 2.12. The van der Waals surface area contributed by atoms with Crippen LogP contribution in [-0.4, -0.2) is 23.9 Å². The van der Waals surface area contributed by atoms with Crippen LogP contribution in [0.4, 0.5) is 0 Å². The second kappa shape index (κ2) is 7.95. The summed E-state index contributed by atoms with van der Waals surface area (Å²) in [6.45, 7) is 1.34. The van der Waals surface area contributed by atoms with E-state index in [0.717, 1.165) is 23.6 Å². The molecule has 0 saturated heterocycles. The molecule has 0 atom stereocenters. The Bertz CT molecular complexity index is 787. The highest BCUT2D eigenvalue weighted by atomic mass is 35.5. The van der Waals surface area contributed by atoms with Crippen molar-refractivity contribution in [2.24, 2.45) is 0 Å². The number of rotatable bonds is 7. The fourth-order valence-electron chi connectivity index (χ4n) is 2.33. The Morgan fingerprint density at radius 1 is 1.08 bits per heavy atom. The van der Waals surface area contributed by atoms with Crippen LogP contribution in [0, 0.1) is 0 Å². The van der Waals surface area contributed by atoms with Crippen molar-refractivity contribution >= 4 is 11.6 Å². The molecule has 2 aromatic carbocycles. The minimum Gasteiger partial charge on any atom is -0.496 e. The minimum atomic E-state index is 0.460. The monoisotopic (exact) mass is 343 g/mol. The topological polar surface area (TPSA) is 60.2 Å². The minimum absolute atomic E-state index is 0.460. The number of benzene rings is 2. The first-order valence-corrected chi connectivity index (χ1v) is 8.05. The zero-order valence-corrected chi connectivity index (χ0v) is 14.1. The maximum absolute atomic E-state index is 5.88. The summed E-state index contributed by atoms with van der Waals surface area (Å²) in [5.74, 6) is 1.72. The van der Waals surface area contributed by atoms with E-state index in [9.17, 15) is 0 Å². The molecule has 0 aliphatic rings. The lowest BCUT2D eigenvalue weighted by atomic mass is 10.1. The number of methoxy groups -OCH3 is 1. The fourth-order valence-corrected chi connectivity index (χ4v) is 2.46.